The van der Waals surface area contributed by atoms with Gasteiger partial charge < -0.3 is 25.5 Å². The highest BCUT2D eigenvalue weighted by Gasteiger charge is 2.35. The van der Waals surface area contributed by atoms with Gasteiger partial charge in [0.15, 0.2) is 0 Å². The van der Waals surface area contributed by atoms with Gasteiger partial charge in [0.25, 0.3) is 45.9 Å². The van der Waals surface area contributed by atoms with Gasteiger partial charge in [0.1, 0.15) is 28.7 Å². The van der Waals surface area contributed by atoms with Crippen LogP contribution in [0.5, 0.6) is 28.7 Å². The molecule has 0 aliphatic carbocycles. The molecule has 0 unspecified atom stereocenters. The summed E-state index contributed by atoms with van der Waals surface area (Å²) in [6.07, 6.45) is -18.2. The second-order valence-corrected chi connectivity index (χ2v) is 27.2. The fraction of sp³-hybridized carbons (Fsp3) is 0.143. The van der Waals surface area contributed by atoms with Gasteiger partial charge in [-0.15, -0.1) is 0 Å². The average molecular weight is 1740 g/mol. The van der Waals surface area contributed by atoms with Crippen molar-refractivity contribution in [2.75, 3.05) is 0 Å². The predicted molar refractivity (Wildman–Crippen MR) is 435 cm³/mol. The summed E-state index contributed by atoms with van der Waals surface area (Å²) in [6.45, 7) is 12.1. The van der Waals surface area contributed by atoms with E-state index in [1.54, 1.807) is 57.2 Å². The number of halogens is 12. The Balaban J connectivity index is 0.000000174. The topological polar surface area (TPSA) is 418 Å². The predicted octanol–water partition coefficient (Wildman–Crippen LogP) is 14.3. The van der Waals surface area contributed by atoms with Gasteiger partial charge >= 0.3 is 24.7 Å². The number of benzene rings is 9. The van der Waals surface area contributed by atoms with Gasteiger partial charge in [-0.2, -0.15) is 73.1 Å². The number of carbonyl (C=O) groups is 4. The first-order valence-electron chi connectivity index (χ1n) is 36.4. The van der Waals surface area contributed by atoms with Crippen molar-refractivity contribution in [1.82, 2.24) is 60.8 Å². The van der Waals surface area contributed by atoms with E-state index in [0.29, 0.717) is 22.8 Å². The molecule has 9 aromatic carbocycles. The number of fused-ring (bicyclic) bond motifs is 1. The number of aromatic nitrogens is 8. The van der Waals surface area contributed by atoms with E-state index in [0.717, 1.165) is 84.1 Å². The van der Waals surface area contributed by atoms with Crippen molar-refractivity contribution in [3.05, 3.63) is 331 Å². The van der Waals surface area contributed by atoms with Crippen LogP contribution >= 0.6 is 0 Å². The van der Waals surface area contributed by atoms with Gasteiger partial charge in [-0.25, -0.2) is 40.4 Å². The number of nitrogens with one attached hydrogen (secondary N) is 8. The van der Waals surface area contributed by atoms with E-state index in [1.165, 1.54) is 144 Å². The lowest BCUT2D eigenvalue weighted by Gasteiger charge is -2.08. The summed E-state index contributed by atoms with van der Waals surface area (Å²) in [5.74, 6) is -3.86. The number of phenolic OH excluding ortho intramolecular Hbond substituents is 5. The van der Waals surface area contributed by atoms with Crippen molar-refractivity contribution in [2.24, 2.45) is 20.4 Å². The van der Waals surface area contributed by atoms with E-state index in [9.17, 15) is 117 Å². The molecule has 13 aromatic rings. The molecular formula is C84H70F12N16O13. The molecule has 4 amide bonds. The number of aryl methyl sites for hydroxylation is 4. The Morgan fingerprint density at radius 3 is 0.904 bits per heavy atom. The van der Waals surface area contributed by atoms with Crippen LogP contribution in [0.3, 0.4) is 0 Å². The van der Waals surface area contributed by atoms with Crippen LogP contribution in [0.2, 0.25) is 0 Å². The van der Waals surface area contributed by atoms with Crippen molar-refractivity contribution < 1.29 is 97.4 Å². The second-order valence-electron chi connectivity index (χ2n) is 27.2. The number of rotatable bonds is 16. The number of amides is 4. The number of carbonyl (C=O) groups excluding carboxylic acids is 4. The molecule has 0 bridgehead atoms. The maximum absolute atomic E-state index is 13.1. The fourth-order valence-corrected chi connectivity index (χ4v) is 12.3. The van der Waals surface area contributed by atoms with Crippen LogP contribution in [-0.4, -0.2) is 111 Å². The average Bonchev–Trinajstić information content (AvgIpc) is 1.71. The quantitative estimate of drug-likeness (QED) is 0.0243. The van der Waals surface area contributed by atoms with E-state index in [1.807, 2.05) is 0 Å². The van der Waals surface area contributed by atoms with Crippen molar-refractivity contribution in [2.45, 2.75) is 80.1 Å². The monoisotopic (exact) mass is 1740 g/mol. The first kappa shape index (κ1) is 91.3. The number of hydrazone groups is 4. The third-order valence-corrected chi connectivity index (χ3v) is 18.4. The first-order chi connectivity index (χ1) is 58.7. The summed E-state index contributed by atoms with van der Waals surface area (Å²) in [5.41, 5.74) is 5.44. The lowest BCUT2D eigenvalue weighted by molar-refractivity contribution is -0.138. The van der Waals surface area contributed by atoms with Crippen LogP contribution in [0, 0.1) is 27.7 Å². The minimum absolute atomic E-state index is 0.00113. The van der Waals surface area contributed by atoms with E-state index in [4.69, 9.17) is 0 Å². The molecular weight excluding hydrogens is 1670 g/mol. The van der Waals surface area contributed by atoms with E-state index >= 15 is 0 Å². The zero-order valence-electron chi connectivity index (χ0n) is 66.2. The van der Waals surface area contributed by atoms with E-state index in [-0.39, 0.29) is 113 Å². The maximum Gasteiger partial charge on any atom is 0.416 e. The van der Waals surface area contributed by atoms with E-state index in [2.05, 4.69) is 62.5 Å². The van der Waals surface area contributed by atoms with Gasteiger partial charge in [-0.3, -0.25) is 58.8 Å². The molecule has 41 heteroatoms. The van der Waals surface area contributed by atoms with Crippen LogP contribution in [-0.2, 0) is 24.7 Å². The molecule has 13 rings (SSSR count). The normalized spacial score (nSPS) is 12.1. The van der Waals surface area contributed by atoms with Gasteiger partial charge in [0, 0.05) is 34.4 Å². The Kier molecular flexibility index (Phi) is 27.3. The van der Waals surface area contributed by atoms with Gasteiger partial charge in [0.05, 0.1) is 107 Å². The molecule has 0 radical (unpaired) electrons. The number of hydrogen-bond donors (Lipinski definition) is 13. The largest absolute Gasteiger partial charge is 0.508 e. The molecule has 0 spiro atoms. The van der Waals surface area contributed by atoms with Crippen LogP contribution in [0.4, 0.5) is 52.7 Å². The smallest absolute Gasteiger partial charge is 0.416 e. The standard InChI is InChI=1S/C24H19F3N4O3.C20H17F3N4O4.2C20H17F3N4O3/c1-13(28-29-22(33)19-10-15-6-3-4-7-16(15)11-20(19)32)21-14(2)30-31(23(21)34)18-9-5-8-17(12-18)24(25,26)27;1-10(24-25-18(30)15-7-6-14(28)9-16(15)29)17-11(2)26-27(19(17)31)13-5-3-4-12(8-13)20(21,22)23;1-11(24-25-18(29)15-8-3-4-9-16(15)28)17-12(2)26-27(19(17)30)14-7-5-6-13(10-14)20(21,22)23;1-11(24-25-18(29)13-6-8-16(28)9-7-13)17-12(2)26-27(19(17)30)15-5-3-4-14(10-15)20(21,22)23/h3-12,30,32H,1-2H3,(H,29,33);3-9,26,28-29H,1-2H3,(H,25,30);2*3-10,26,28H,1-2H3,(H,25,29). The summed E-state index contributed by atoms with van der Waals surface area (Å²) < 4.78 is 160. The highest BCUT2D eigenvalue weighted by Crippen LogP contribution is 2.35. The van der Waals surface area contributed by atoms with Crippen LogP contribution in [0.25, 0.3) is 33.5 Å². The highest BCUT2D eigenvalue weighted by molar-refractivity contribution is 6.06. The molecule has 648 valence electrons. The van der Waals surface area contributed by atoms with Gasteiger partial charge in [-0.05, 0) is 200 Å². The Labute approximate surface area is 695 Å². The molecule has 0 aliphatic rings. The molecule has 0 fully saturated rings. The minimum atomic E-state index is -4.56. The SMILES string of the molecule is CC(=NNC(=O)c1cc2ccccc2cc1O)c1c(C)[nH]n(-c2cccc(C(F)(F)F)c2)c1=O.CC(=NNC(=O)c1ccc(O)cc1)c1c(C)[nH]n(-c2cccc(C(F)(F)F)c2)c1=O.CC(=NNC(=O)c1ccc(O)cc1O)c1c(C)[nH]n(-c2cccc(C(F)(F)F)c2)c1=O.CC(=NNC(=O)c1ccccc1O)c1c(C)[nH]n(-c2cccc(C(F)(F)F)c2)c1=O. The number of H-pyrrole nitrogens is 4. The molecule has 13 N–H and O–H groups in total. The number of phenols is 5. The lowest BCUT2D eigenvalue weighted by atomic mass is 10.1. The van der Waals surface area contributed by atoms with Crippen molar-refractivity contribution in [1.29, 1.82) is 0 Å². The zero-order valence-corrected chi connectivity index (χ0v) is 66.2. The Bertz CT molecular complexity index is 6700. The Hall–Kier alpha value is -16.0. The summed E-state index contributed by atoms with van der Waals surface area (Å²) in [6, 6.07) is 42.2. The third kappa shape index (κ3) is 21.6. The molecule has 0 aliphatic heterocycles. The highest BCUT2D eigenvalue weighted by atomic mass is 19.4. The summed E-state index contributed by atoms with van der Waals surface area (Å²) >= 11 is 0. The van der Waals surface area contributed by atoms with Gasteiger partial charge in [0.2, 0.25) is 0 Å². The number of hydrogen-bond acceptors (Lipinski definition) is 17. The van der Waals surface area contributed by atoms with Crippen molar-refractivity contribution in [3.8, 4) is 51.5 Å². The Morgan fingerprint density at radius 2 is 0.584 bits per heavy atom. The van der Waals surface area contributed by atoms with E-state index < -0.39 is 98.6 Å². The van der Waals surface area contributed by atoms with Crippen LogP contribution in [0.1, 0.15) is 136 Å². The second kappa shape index (κ2) is 37.3. The third-order valence-electron chi connectivity index (χ3n) is 18.4. The number of alkyl halides is 12. The number of para-hydroxylation sites is 1. The van der Waals surface area contributed by atoms with Crippen molar-refractivity contribution >= 4 is 57.2 Å². The summed E-state index contributed by atoms with van der Waals surface area (Å²) in [5, 5.41) is 76.2. The minimum Gasteiger partial charge on any atom is -0.508 e. The Morgan fingerprint density at radius 1 is 0.304 bits per heavy atom. The summed E-state index contributed by atoms with van der Waals surface area (Å²) in [7, 11) is 0. The first-order valence-corrected chi connectivity index (χ1v) is 36.4. The number of nitrogens with zero attached hydrogens (tertiary/aromatic N) is 8. The summed E-state index contributed by atoms with van der Waals surface area (Å²) in [4.78, 5) is 100. The number of aromatic hydroxyl groups is 5. The molecule has 29 nitrogen and oxygen atoms in total. The molecule has 125 heavy (non-hydrogen) atoms. The van der Waals surface area contributed by atoms with Gasteiger partial charge in [-0.1, -0.05) is 60.7 Å². The maximum atomic E-state index is 13.1. The van der Waals surface area contributed by atoms with Crippen molar-refractivity contribution in [3.63, 3.8) is 0 Å². The lowest BCUT2D eigenvalue weighted by Crippen LogP contribution is -2.23. The number of aromatic amines is 4. The molecule has 0 saturated heterocycles. The molecule has 4 heterocycles. The van der Waals surface area contributed by atoms with Crippen LogP contribution in [0.15, 0.2) is 240 Å². The fourth-order valence-electron chi connectivity index (χ4n) is 12.3. The van der Waals surface area contributed by atoms with Crippen LogP contribution < -0.4 is 43.9 Å². The molecule has 0 saturated carbocycles. The molecule has 4 aromatic heterocycles. The zero-order chi connectivity index (χ0) is 91.6. The molecule has 0 atom stereocenters.